The van der Waals surface area contributed by atoms with Crippen molar-refractivity contribution in [1.82, 2.24) is 9.97 Å². The minimum absolute atomic E-state index is 0. The number of hydrogen-bond acceptors (Lipinski definition) is 2. The molecule has 0 aliphatic heterocycles. The summed E-state index contributed by atoms with van der Waals surface area (Å²) in [5, 5.41) is 2.34. The molecule has 264 valence electrons. The van der Waals surface area contributed by atoms with Crippen LogP contribution in [0.2, 0.25) is 0 Å². The monoisotopic (exact) mass is 869 g/mol. The van der Waals surface area contributed by atoms with E-state index in [1.807, 2.05) is 24.3 Å². The minimum Gasteiger partial charge on any atom is -0.655 e. The number of hydrogen-bond donors (Lipinski definition) is 0. The van der Waals surface area contributed by atoms with E-state index in [0.717, 1.165) is 67.1 Å². The maximum atomic E-state index is 5.42. The number of fused-ring (bicyclic) bond motifs is 3. The molecule has 3 nitrogen and oxygen atoms in total. The summed E-state index contributed by atoms with van der Waals surface area (Å²) in [5.74, 6) is 0.810. The Kier molecular flexibility index (Phi) is 9.78. The number of pyridine rings is 1. The van der Waals surface area contributed by atoms with Gasteiger partial charge >= 0.3 is 22.4 Å². The molecule has 0 aliphatic rings. The van der Waals surface area contributed by atoms with Gasteiger partial charge in [-0.15, -0.1) is 28.7 Å². The van der Waals surface area contributed by atoms with Crippen LogP contribution >= 0.6 is 0 Å². The molecule has 0 N–H and O–H groups in total. The van der Waals surface area contributed by atoms with Crippen molar-refractivity contribution < 1.29 is 22.4 Å². The molecule has 4 heteroatoms. The third-order valence-electron chi connectivity index (χ3n) is 9.81. The zero-order chi connectivity index (χ0) is 36.0. The molecule has 0 saturated heterocycles. The first-order chi connectivity index (χ1) is 25.0. The molecule has 8 rings (SSSR count). The summed E-state index contributed by atoms with van der Waals surface area (Å²) < 4.78 is 0. The number of benzene rings is 6. The quantitative estimate of drug-likeness (QED) is 0.123. The van der Waals surface area contributed by atoms with Crippen LogP contribution in [0.1, 0.15) is 52.7 Å². The normalized spacial score (nSPS) is 11.8. The van der Waals surface area contributed by atoms with E-state index in [1.165, 1.54) is 16.5 Å². The summed E-state index contributed by atoms with van der Waals surface area (Å²) in [6.07, 6.45) is 0. The summed E-state index contributed by atoms with van der Waals surface area (Å²) in [7, 11) is 0. The van der Waals surface area contributed by atoms with Crippen LogP contribution in [0.5, 0.6) is 0 Å². The molecule has 53 heavy (non-hydrogen) atoms. The maximum Gasteiger partial charge on any atom is 3.00 e. The summed E-state index contributed by atoms with van der Waals surface area (Å²) in [4.78, 5) is 13.0. The summed E-state index contributed by atoms with van der Waals surface area (Å²) in [6.45, 7) is 13.6. The molecule has 6 aromatic carbocycles. The van der Waals surface area contributed by atoms with Gasteiger partial charge in [-0.1, -0.05) is 132 Å². The fraction of sp³-hybridized carbons (Fsp3) is 0.163. The van der Waals surface area contributed by atoms with Gasteiger partial charge in [0.15, 0.2) is 0 Å². The fourth-order valence-electron chi connectivity index (χ4n) is 6.86. The van der Waals surface area contributed by atoms with E-state index in [4.69, 9.17) is 9.97 Å². The first-order valence-electron chi connectivity index (χ1n) is 18.0. The molecule has 8 aromatic rings. The molecule has 0 radical (unpaired) electrons. The molecule has 2 heterocycles. The van der Waals surface area contributed by atoms with Gasteiger partial charge in [-0.25, -0.2) is 5.56 Å². The van der Waals surface area contributed by atoms with Gasteiger partial charge in [0.05, 0.1) is 0 Å². The minimum atomic E-state index is -0.0937. The number of para-hydroxylation sites is 1. The van der Waals surface area contributed by atoms with E-state index in [2.05, 4.69) is 180 Å². The van der Waals surface area contributed by atoms with Crippen molar-refractivity contribution in [1.29, 1.82) is 0 Å². The van der Waals surface area contributed by atoms with Crippen LogP contribution in [0, 0.1) is 12.1 Å². The van der Waals surface area contributed by atoms with Crippen LogP contribution in [0.15, 0.2) is 146 Å². The third-order valence-corrected chi connectivity index (χ3v) is 9.81. The van der Waals surface area contributed by atoms with E-state index >= 15 is 0 Å². The first-order valence-corrected chi connectivity index (χ1v) is 18.0. The molecule has 2 aromatic heterocycles. The molecule has 0 unspecified atom stereocenters. The van der Waals surface area contributed by atoms with Crippen LogP contribution < -0.4 is 9.88 Å². The van der Waals surface area contributed by atoms with Crippen molar-refractivity contribution in [2.45, 2.75) is 52.4 Å². The second kappa shape index (κ2) is 14.3. The van der Waals surface area contributed by atoms with Crippen molar-refractivity contribution in [3.8, 4) is 33.5 Å². The molecule has 0 bridgehead atoms. The SMILES string of the molecule is CC(C)(C)c1ccc2[n-]c3c(N(c4ccccc4)c4cccc(-c5[c-]c(-c6[c-]cccc6)cc(-c6ccccc6)c5)n4)cc(C(C)(C)C)cc3c2c1.[Au+3]. The zero-order valence-corrected chi connectivity index (χ0v) is 33.2. The van der Waals surface area contributed by atoms with E-state index < -0.39 is 0 Å². The van der Waals surface area contributed by atoms with Gasteiger partial charge in [-0.2, -0.15) is 42.0 Å². The Bertz CT molecular complexity index is 2460. The molecular weight excluding hydrogens is 828 g/mol. The van der Waals surface area contributed by atoms with E-state index in [0.29, 0.717) is 0 Å². The number of nitrogens with zero attached hydrogens (tertiary/aromatic N) is 3. The van der Waals surface area contributed by atoms with Gasteiger partial charge in [-0.3, -0.25) is 9.88 Å². The predicted octanol–water partition coefficient (Wildman–Crippen LogP) is 13.0. The van der Waals surface area contributed by atoms with Gasteiger partial charge in [0.1, 0.15) is 5.82 Å². The summed E-state index contributed by atoms with van der Waals surface area (Å²) in [5.41, 5.74) is 12.4. The van der Waals surface area contributed by atoms with Crippen LogP contribution in [0.25, 0.3) is 55.3 Å². The Labute approximate surface area is 329 Å². The summed E-state index contributed by atoms with van der Waals surface area (Å²) >= 11 is 0. The first kappa shape index (κ1) is 36.2. The largest absolute Gasteiger partial charge is 3.00 e. The number of aromatic nitrogens is 2. The predicted molar refractivity (Wildman–Crippen MR) is 219 cm³/mol. The van der Waals surface area contributed by atoms with Crippen molar-refractivity contribution in [2.24, 2.45) is 0 Å². The molecule has 0 spiro atoms. The van der Waals surface area contributed by atoms with Gasteiger partial charge < -0.3 is 4.98 Å². The van der Waals surface area contributed by atoms with E-state index in [-0.39, 0.29) is 33.2 Å². The Balaban J connectivity index is 0.00000435. The number of rotatable bonds is 6. The van der Waals surface area contributed by atoms with Gasteiger partial charge in [0.2, 0.25) is 0 Å². The smallest absolute Gasteiger partial charge is 0.655 e. The van der Waals surface area contributed by atoms with Crippen molar-refractivity contribution in [3.05, 3.63) is 169 Å². The van der Waals surface area contributed by atoms with Crippen LogP contribution in [0.4, 0.5) is 17.2 Å². The standard InChI is InChI=1S/C49H42N3.Au/c1-48(2,3)38-25-26-44-41(30-38)42-31-39(49(4,5)6)32-45(47(42)51-44)52(40-21-14-9-15-22-40)46-24-16-23-43(50-46)37-28-35(33-17-10-7-11-18-33)27-36(29-37)34-19-12-8-13-20-34;/h7-19,21-28,30-32H,1-6H3;/q-3;+3. The van der Waals surface area contributed by atoms with Crippen molar-refractivity contribution >= 4 is 39.0 Å². The van der Waals surface area contributed by atoms with E-state index in [1.54, 1.807) is 0 Å². The molecule has 0 aliphatic carbocycles. The fourth-order valence-corrected chi connectivity index (χ4v) is 6.86. The van der Waals surface area contributed by atoms with Gasteiger partial charge in [0.25, 0.3) is 0 Å². The third kappa shape index (κ3) is 7.26. The van der Waals surface area contributed by atoms with Crippen molar-refractivity contribution in [2.75, 3.05) is 4.90 Å². The van der Waals surface area contributed by atoms with Crippen molar-refractivity contribution in [3.63, 3.8) is 0 Å². The average molecular weight is 870 g/mol. The second-order valence-corrected chi connectivity index (χ2v) is 15.6. The second-order valence-electron chi connectivity index (χ2n) is 15.6. The van der Waals surface area contributed by atoms with Gasteiger partial charge in [-0.05, 0) is 62.6 Å². The molecule has 0 fully saturated rings. The maximum absolute atomic E-state index is 5.42. The topological polar surface area (TPSA) is 30.2 Å². The van der Waals surface area contributed by atoms with E-state index in [9.17, 15) is 0 Å². The average Bonchev–Trinajstić information content (AvgIpc) is 3.54. The van der Waals surface area contributed by atoms with Gasteiger partial charge in [0, 0.05) is 17.1 Å². The molecule has 0 amide bonds. The Hall–Kier alpha value is -5.19. The van der Waals surface area contributed by atoms with Crippen LogP contribution in [0.3, 0.4) is 0 Å². The van der Waals surface area contributed by atoms with Crippen LogP contribution in [-0.4, -0.2) is 4.98 Å². The van der Waals surface area contributed by atoms with Crippen LogP contribution in [-0.2, 0) is 33.2 Å². The Morgan fingerprint density at radius 2 is 1.25 bits per heavy atom. The molecule has 0 saturated carbocycles. The number of anilines is 3. The molecule has 0 atom stereocenters. The zero-order valence-electron chi connectivity index (χ0n) is 31.0. The molecular formula is C49H42AuN3. The Morgan fingerprint density at radius 1 is 0.566 bits per heavy atom. The Morgan fingerprint density at radius 3 is 1.94 bits per heavy atom. The summed E-state index contributed by atoms with van der Waals surface area (Å²) in [6, 6.07) is 58.3.